The number of fused-ring (bicyclic) bond motifs is 1. The maximum atomic E-state index is 14.7. The molecule has 1 aromatic heterocycles. The van der Waals surface area contributed by atoms with Gasteiger partial charge in [0.1, 0.15) is 11.4 Å². The van der Waals surface area contributed by atoms with Crippen molar-refractivity contribution in [2.75, 3.05) is 38.7 Å². The molecule has 0 aliphatic carbocycles. The fourth-order valence-corrected chi connectivity index (χ4v) is 4.80. The van der Waals surface area contributed by atoms with Crippen molar-refractivity contribution in [3.8, 4) is 0 Å². The van der Waals surface area contributed by atoms with Crippen LogP contribution in [0.1, 0.15) is 27.2 Å². The third-order valence-electron chi connectivity index (χ3n) is 5.66. The van der Waals surface area contributed by atoms with E-state index in [2.05, 4.69) is 15.5 Å². The smallest absolute Gasteiger partial charge is 0.262 e. The zero-order valence-corrected chi connectivity index (χ0v) is 18.2. The second-order valence-corrected chi connectivity index (χ2v) is 9.51. The number of amides is 2. The first kappa shape index (κ1) is 21.2. The number of rotatable bonds is 4. The molecule has 2 aliphatic rings. The monoisotopic (exact) mass is 451 g/mol. The van der Waals surface area contributed by atoms with Crippen molar-refractivity contribution >= 4 is 40.4 Å². The molecule has 0 saturated carbocycles. The number of hydrogen-bond donors (Lipinski definition) is 2. The van der Waals surface area contributed by atoms with Crippen LogP contribution in [0.15, 0.2) is 24.3 Å². The third-order valence-corrected chi connectivity index (χ3v) is 6.89. The van der Waals surface area contributed by atoms with Crippen LogP contribution < -0.4 is 10.6 Å². The van der Waals surface area contributed by atoms with Crippen LogP contribution in [0.5, 0.6) is 0 Å². The summed E-state index contributed by atoms with van der Waals surface area (Å²) in [6.07, 6.45) is 1.70. The Morgan fingerprint density at radius 1 is 1.27 bits per heavy atom. The molecule has 30 heavy (non-hydrogen) atoms. The molecule has 0 unspecified atom stereocenters. The number of carbonyl (C=O) groups is 2. The summed E-state index contributed by atoms with van der Waals surface area (Å²) in [6, 6.07) is 6.43. The van der Waals surface area contributed by atoms with E-state index >= 15 is 0 Å². The van der Waals surface area contributed by atoms with E-state index in [9.17, 15) is 14.0 Å². The van der Waals surface area contributed by atoms with Gasteiger partial charge in [0.25, 0.3) is 11.8 Å². The molecule has 160 valence electrons. The summed E-state index contributed by atoms with van der Waals surface area (Å²) in [5.41, 5.74) is 0.792. The number of likely N-dealkylation sites (N-methyl/N-ethyl adjacent to an activating group) is 1. The first-order valence-electron chi connectivity index (χ1n) is 9.83. The number of nitrogens with zero attached hydrogens (tertiary/aromatic N) is 1. The van der Waals surface area contributed by atoms with Crippen LogP contribution in [0.4, 0.5) is 10.1 Å². The van der Waals surface area contributed by atoms with Gasteiger partial charge in [-0.1, -0.05) is 11.6 Å². The van der Waals surface area contributed by atoms with Gasteiger partial charge >= 0.3 is 0 Å². The van der Waals surface area contributed by atoms with Gasteiger partial charge < -0.3 is 20.3 Å². The maximum absolute atomic E-state index is 14.7. The number of anilines is 1. The fourth-order valence-electron chi connectivity index (χ4n) is 3.86. The molecule has 2 amide bonds. The molecule has 1 saturated heterocycles. The van der Waals surface area contributed by atoms with E-state index in [1.807, 2.05) is 13.1 Å². The van der Waals surface area contributed by atoms with Crippen molar-refractivity contribution in [3.63, 3.8) is 0 Å². The van der Waals surface area contributed by atoms with E-state index in [0.29, 0.717) is 39.9 Å². The maximum Gasteiger partial charge on any atom is 0.262 e. The van der Waals surface area contributed by atoms with Crippen LogP contribution in [-0.4, -0.2) is 55.6 Å². The molecular weight excluding hydrogens is 429 g/mol. The minimum Gasteiger partial charge on any atom is -0.378 e. The van der Waals surface area contributed by atoms with Crippen molar-refractivity contribution in [3.05, 3.63) is 50.4 Å². The van der Waals surface area contributed by atoms with Crippen molar-refractivity contribution < 1.29 is 18.7 Å². The molecular formula is C21H23ClFN3O3S. The number of thiophene rings is 1. The second-order valence-electron chi connectivity index (χ2n) is 7.80. The standard InChI is InChI=1S/C21H23ClFN3O3S/c1-26-7-4-13-10-14(11-16(23)15(13)5-8-26)24-20(28)21(6-9-29-12-21)25-19(27)17-2-3-18(22)30-17/h2-3,10-11H,4-9,12H2,1H3,(H,24,28)(H,25,27)/t21-/m1/s1. The minimum absolute atomic E-state index is 0.0574. The van der Waals surface area contributed by atoms with Crippen molar-refractivity contribution in [1.29, 1.82) is 0 Å². The Morgan fingerprint density at radius 2 is 2.07 bits per heavy atom. The average Bonchev–Trinajstić information content (AvgIpc) is 3.31. The largest absolute Gasteiger partial charge is 0.378 e. The van der Waals surface area contributed by atoms with Crippen molar-refractivity contribution in [1.82, 2.24) is 10.2 Å². The lowest BCUT2D eigenvalue weighted by Crippen LogP contribution is -2.57. The SMILES string of the molecule is CN1CCc2cc(NC(=O)[C@@]3(NC(=O)c4ccc(Cl)s4)CCOC3)cc(F)c2CC1. The van der Waals surface area contributed by atoms with Crippen LogP contribution in [0.3, 0.4) is 0 Å². The number of benzene rings is 1. The molecule has 1 atom stereocenters. The first-order valence-corrected chi connectivity index (χ1v) is 11.0. The third kappa shape index (κ3) is 4.37. The zero-order valence-electron chi connectivity index (χ0n) is 16.6. The Morgan fingerprint density at radius 3 is 2.77 bits per heavy atom. The van der Waals surface area contributed by atoms with Crippen LogP contribution >= 0.6 is 22.9 Å². The summed E-state index contributed by atoms with van der Waals surface area (Å²) in [5.74, 6) is -1.11. The van der Waals surface area contributed by atoms with Crippen LogP contribution in [0, 0.1) is 5.82 Å². The molecule has 4 rings (SSSR count). The van der Waals surface area contributed by atoms with Gasteiger partial charge in [0, 0.05) is 31.8 Å². The molecule has 1 fully saturated rings. The lowest BCUT2D eigenvalue weighted by Gasteiger charge is -2.27. The van der Waals surface area contributed by atoms with Crippen molar-refractivity contribution in [2.24, 2.45) is 0 Å². The first-order chi connectivity index (χ1) is 14.4. The number of nitrogens with one attached hydrogen (secondary N) is 2. The van der Waals surface area contributed by atoms with Crippen LogP contribution in [0.2, 0.25) is 4.34 Å². The highest BCUT2D eigenvalue weighted by Crippen LogP contribution is 2.27. The predicted molar refractivity (Wildman–Crippen MR) is 115 cm³/mol. The molecule has 0 bridgehead atoms. The van der Waals surface area contributed by atoms with Gasteiger partial charge in [0.2, 0.25) is 0 Å². The highest BCUT2D eigenvalue weighted by Gasteiger charge is 2.44. The Kier molecular flexibility index (Phi) is 6.11. The molecule has 0 radical (unpaired) electrons. The average molecular weight is 452 g/mol. The Labute approximate surface area is 183 Å². The molecule has 9 heteroatoms. The van der Waals surface area contributed by atoms with E-state index in [4.69, 9.17) is 16.3 Å². The topological polar surface area (TPSA) is 70.7 Å². The summed E-state index contributed by atoms with van der Waals surface area (Å²) >= 11 is 7.06. The Hall–Kier alpha value is -2.00. The van der Waals surface area contributed by atoms with E-state index in [1.165, 1.54) is 6.07 Å². The van der Waals surface area contributed by atoms with Gasteiger partial charge in [-0.25, -0.2) is 4.39 Å². The highest BCUT2D eigenvalue weighted by atomic mass is 35.5. The van der Waals surface area contributed by atoms with Crippen LogP contribution in [0.25, 0.3) is 0 Å². The molecule has 3 heterocycles. The molecule has 0 spiro atoms. The van der Waals surface area contributed by atoms with Gasteiger partial charge in [0.15, 0.2) is 0 Å². The van der Waals surface area contributed by atoms with E-state index in [1.54, 1.807) is 12.1 Å². The number of hydrogen-bond acceptors (Lipinski definition) is 5. The predicted octanol–water partition coefficient (Wildman–Crippen LogP) is 3.10. The van der Waals surface area contributed by atoms with Gasteiger partial charge in [-0.15, -0.1) is 11.3 Å². The number of carbonyl (C=O) groups excluding carboxylic acids is 2. The zero-order chi connectivity index (χ0) is 21.3. The molecule has 2 aromatic rings. The van der Waals surface area contributed by atoms with E-state index < -0.39 is 11.4 Å². The number of ether oxygens (including phenoxy) is 1. The quantitative estimate of drug-likeness (QED) is 0.749. The van der Waals surface area contributed by atoms with Crippen LogP contribution in [-0.2, 0) is 22.4 Å². The lowest BCUT2D eigenvalue weighted by atomic mass is 9.96. The molecule has 2 aliphatic heterocycles. The Bertz CT molecular complexity index is 974. The van der Waals surface area contributed by atoms with Gasteiger partial charge in [-0.2, -0.15) is 0 Å². The second kappa shape index (κ2) is 8.63. The minimum atomic E-state index is -1.21. The summed E-state index contributed by atoms with van der Waals surface area (Å²) in [5, 5.41) is 5.61. The fraction of sp³-hybridized carbons (Fsp3) is 0.429. The van der Waals surface area contributed by atoms with Gasteiger partial charge in [0.05, 0.1) is 15.8 Å². The highest BCUT2D eigenvalue weighted by molar-refractivity contribution is 7.18. The lowest BCUT2D eigenvalue weighted by molar-refractivity contribution is -0.122. The van der Waals surface area contributed by atoms with E-state index in [0.717, 1.165) is 36.4 Å². The van der Waals surface area contributed by atoms with Gasteiger partial charge in [-0.3, -0.25) is 9.59 Å². The normalized spacial score (nSPS) is 21.7. The van der Waals surface area contributed by atoms with Crippen molar-refractivity contribution in [2.45, 2.75) is 24.8 Å². The summed E-state index contributed by atoms with van der Waals surface area (Å²) in [6.45, 7) is 2.04. The summed E-state index contributed by atoms with van der Waals surface area (Å²) in [4.78, 5) is 28.4. The molecule has 1 aromatic carbocycles. The molecule has 6 nitrogen and oxygen atoms in total. The molecule has 2 N–H and O–H groups in total. The summed E-state index contributed by atoms with van der Waals surface area (Å²) in [7, 11) is 2.01. The summed E-state index contributed by atoms with van der Waals surface area (Å²) < 4.78 is 20.6. The van der Waals surface area contributed by atoms with Gasteiger partial charge in [-0.05, 0) is 55.3 Å². The number of halogens is 2. The Balaban J connectivity index is 1.54. The van der Waals surface area contributed by atoms with E-state index in [-0.39, 0.29) is 18.3 Å².